The quantitative estimate of drug-likeness (QED) is 0.697. The Morgan fingerprint density at radius 1 is 1.00 bits per heavy atom. The monoisotopic (exact) mass is 468 g/mol. The molecular formula is C26H32N2O6. The molecule has 3 heterocycles. The first kappa shape index (κ1) is 22.8. The molecule has 5 rings (SSSR count). The summed E-state index contributed by atoms with van der Waals surface area (Å²) >= 11 is 0. The largest absolute Gasteiger partial charge is 0.496 e. The smallest absolute Gasteiger partial charge is 0.240 e. The second kappa shape index (κ2) is 8.36. The summed E-state index contributed by atoms with van der Waals surface area (Å²) in [5.41, 5.74) is 5.91. The van der Waals surface area contributed by atoms with E-state index in [1.807, 2.05) is 18.7 Å². The maximum absolute atomic E-state index is 13.8. The number of fused-ring (bicyclic) bond motifs is 7. The molecule has 0 aliphatic carbocycles. The van der Waals surface area contributed by atoms with Gasteiger partial charge in [0.25, 0.3) is 0 Å². The van der Waals surface area contributed by atoms with E-state index in [4.69, 9.17) is 18.9 Å². The summed E-state index contributed by atoms with van der Waals surface area (Å²) in [6.07, 6.45) is 1.14. The van der Waals surface area contributed by atoms with Crippen LogP contribution in [-0.2, 0) is 17.6 Å². The molecule has 1 fully saturated rings. The number of nitrogens with zero attached hydrogens (tertiary/aromatic N) is 1. The molecule has 0 saturated carbocycles. The Hall–Kier alpha value is -2.97. The average molecular weight is 469 g/mol. The number of hydrogen-bond donors (Lipinski definition) is 2. The third-order valence-corrected chi connectivity index (χ3v) is 7.69. The van der Waals surface area contributed by atoms with Gasteiger partial charge in [-0.05, 0) is 43.0 Å². The molecule has 2 aromatic carbocycles. The summed E-state index contributed by atoms with van der Waals surface area (Å²) in [7, 11) is 6.53. The lowest BCUT2D eigenvalue weighted by atomic mass is 9.75. The van der Waals surface area contributed by atoms with E-state index in [0.717, 1.165) is 44.9 Å². The molecule has 3 aliphatic heterocycles. The van der Waals surface area contributed by atoms with Crippen LogP contribution in [0.5, 0.6) is 23.0 Å². The van der Waals surface area contributed by atoms with E-state index in [0.29, 0.717) is 24.3 Å². The van der Waals surface area contributed by atoms with E-state index in [1.165, 1.54) is 0 Å². The lowest BCUT2D eigenvalue weighted by molar-refractivity contribution is -0.147. The minimum atomic E-state index is -0.520. The fraction of sp³-hybridized carbons (Fsp3) is 0.500. The van der Waals surface area contributed by atoms with Crippen molar-refractivity contribution in [1.82, 2.24) is 10.2 Å². The van der Waals surface area contributed by atoms with Crippen molar-refractivity contribution < 1.29 is 28.8 Å². The Bertz CT molecular complexity index is 1160. The number of methoxy groups -OCH3 is 4. The molecule has 0 aromatic heterocycles. The SMILES string of the molecule is COc1cc2c(c(OC)c1C)C[C@@H]1N[C@H]2[C@@H]2Cc3cc(C)c(OC)c(OC)c3[C@H](CO)N2C1=O. The van der Waals surface area contributed by atoms with E-state index in [1.54, 1.807) is 28.4 Å². The number of amides is 1. The van der Waals surface area contributed by atoms with Crippen LogP contribution in [0.4, 0.5) is 0 Å². The summed E-state index contributed by atoms with van der Waals surface area (Å²) in [6, 6.07) is 2.94. The fourth-order valence-electron chi connectivity index (χ4n) is 6.32. The molecule has 4 atom stereocenters. The predicted molar refractivity (Wildman–Crippen MR) is 126 cm³/mol. The third-order valence-electron chi connectivity index (χ3n) is 7.69. The van der Waals surface area contributed by atoms with Gasteiger partial charge in [-0.2, -0.15) is 0 Å². The molecule has 34 heavy (non-hydrogen) atoms. The van der Waals surface area contributed by atoms with Crippen LogP contribution >= 0.6 is 0 Å². The predicted octanol–water partition coefficient (Wildman–Crippen LogP) is 2.39. The lowest BCUT2D eigenvalue weighted by Gasteiger charge is -2.54. The van der Waals surface area contributed by atoms with Gasteiger partial charge in [-0.1, -0.05) is 6.07 Å². The summed E-state index contributed by atoms with van der Waals surface area (Å²) in [5.74, 6) is 2.75. The number of aliphatic hydroxyl groups is 1. The molecule has 3 aliphatic rings. The molecule has 2 aromatic rings. The molecule has 1 amide bonds. The molecule has 8 nitrogen and oxygen atoms in total. The molecular weight excluding hydrogens is 436 g/mol. The molecule has 182 valence electrons. The summed E-state index contributed by atoms with van der Waals surface area (Å²) in [5, 5.41) is 14.1. The first-order valence-electron chi connectivity index (χ1n) is 11.6. The van der Waals surface area contributed by atoms with Crippen LogP contribution in [0, 0.1) is 13.8 Å². The molecule has 0 spiro atoms. The Balaban J connectivity index is 1.71. The molecule has 2 bridgehead atoms. The highest BCUT2D eigenvalue weighted by Gasteiger charge is 2.52. The molecule has 1 saturated heterocycles. The maximum Gasteiger partial charge on any atom is 0.240 e. The van der Waals surface area contributed by atoms with Crippen LogP contribution < -0.4 is 24.3 Å². The van der Waals surface area contributed by atoms with Gasteiger partial charge in [0.05, 0.1) is 59.2 Å². The van der Waals surface area contributed by atoms with E-state index < -0.39 is 12.1 Å². The van der Waals surface area contributed by atoms with Crippen LogP contribution in [0.3, 0.4) is 0 Å². The number of nitrogens with one attached hydrogen (secondary N) is 1. The van der Waals surface area contributed by atoms with Gasteiger partial charge in [0.1, 0.15) is 11.5 Å². The minimum absolute atomic E-state index is 0.0197. The van der Waals surface area contributed by atoms with Gasteiger partial charge in [0.2, 0.25) is 5.91 Å². The number of rotatable bonds is 5. The summed E-state index contributed by atoms with van der Waals surface area (Å²) < 4.78 is 22.8. The second-order valence-corrected chi connectivity index (χ2v) is 9.25. The lowest BCUT2D eigenvalue weighted by Crippen LogP contribution is -2.66. The van der Waals surface area contributed by atoms with Gasteiger partial charge < -0.3 is 29.0 Å². The standard InChI is InChI=1S/C26H32N2O6/c1-12-7-14-8-18-22-15-10-20(31-3)13(2)24(33-5)16(15)9-17(27-22)26(30)28(18)19(11-29)21(14)25(34-6)23(12)32-4/h7,10,17-19,22,27,29H,8-9,11H2,1-6H3/t17-,18-,19-,22+/m0/s1. The first-order chi connectivity index (χ1) is 16.4. The Morgan fingerprint density at radius 3 is 2.32 bits per heavy atom. The average Bonchev–Trinajstić information content (AvgIpc) is 2.84. The van der Waals surface area contributed by atoms with E-state index >= 15 is 0 Å². The Kier molecular flexibility index (Phi) is 5.61. The summed E-state index contributed by atoms with van der Waals surface area (Å²) in [6.45, 7) is 3.76. The molecule has 0 radical (unpaired) electrons. The van der Waals surface area contributed by atoms with Gasteiger partial charge in [-0.15, -0.1) is 0 Å². The van der Waals surface area contributed by atoms with Crippen molar-refractivity contribution in [2.75, 3.05) is 35.0 Å². The van der Waals surface area contributed by atoms with Crippen LogP contribution in [-0.4, -0.2) is 63.0 Å². The highest BCUT2D eigenvalue weighted by Crippen LogP contribution is 2.51. The Morgan fingerprint density at radius 2 is 1.71 bits per heavy atom. The van der Waals surface area contributed by atoms with Crippen LogP contribution in [0.15, 0.2) is 12.1 Å². The number of hydrogen-bond acceptors (Lipinski definition) is 7. The normalized spacial score (nSPS) is 24.7. The zero-order valence-corrected chi connectivity index (χ0v) is 20.5. The van der Waals surface area contributed by atoms with Crippen molar-refractivity contribution in [1.29, 1.82) is 0 Å². The van der Waals surface area contributed by atoms with Crippen molar-refractivity contribution in [3.63, 3.8) is 0 Å². The molecule has 0 unspecified atom stereocenters. The number of carbonyl (C=O) groups is 1. The van der Waals surface area contributed by atoms with Crippen molar-refractivity contribution >= 4 is 5.91 Å². The van der Waals surface area contributed by atoms with E-state index in [9.17, 15) is 9.90 Å². The van der Waals surface area contributed by atoms with Gasteiger partial charge in [-0.3, -0.25) is 10.1 Å². The number of carbonyl (C=O) groups excluding carboxylic acids is 1. The number of piperazine rings is 1. The van der Waals surface area contributed by atoms with Gasteiger partial charge in [0, 0.05) is 23.1 Å². The highest BCUT2D eigenvalue weighted by molar-refractivity contribution is 5.86. The van der Waals surface area contributed by atoms with Crippen molar-refractivity contribution in [3.05, 3.63) is 45.5 Å². The second-order valence-electron chi connectivity index (χ2n) is 9.25. The highest BCUT2D eigenvalue weighted by atomic mass is 16.5. The maximum atomic E-state index is 13.8. The number of aryl methyl sites for hydroxylation is 1. The van der Waals surface area contributed by atoms with Gasteiger partial charge in [-0.25, -0.2) is 0 Å². The van der Waals surface area contributed by atoms with Crippen LogP contribution in [0.2, 0.25) is 0 Å². The number of aliphatic hydroxyl groups excluding tert-OH is 1. The van der Waals surface area contributed by atoms with Gasteiger partial charge in [0.15, 0.2) is 11.5 Å². The summed E-state index contributed by atoms with van der Waals surface area (Å²) in [4.78, 5) is 15.7. The number of ether oxygens (including phenoxy) is 4. The Labute approximate surface area is 199 Å². The molecule has 8 heteroatoms. The van der Waals surface area contributed by atoms with Gasteiger partial charge >= 0.3 is 0 Å². The van der Waals surface area contributed by atoms with Crippen molar-refractivity contribution in [2.24, 2.45) is 0 Å². The first-order valence-corrected chi connectivity index (χ1v) is 11.6. The fourth-order valence-corrected chi connectivity index (χ4v) is 6.32. The zero-order chi connectivity index (χ0) is 24.3. The topological polar surface area (TPSA) is 89.5 Å². The third kappa shape index (κ3) is 3.01. The van der Waals surface area contributed by atoms with Crippen molar-refractivity contribution in [2.45, 2.75) is 50.9 Å². The van der Waals surface area contributed by atoms with Crippen LogP contribution in [0.1, 0.15) is 45.5 Å². The number of benzene rings is 2. The zero-order valence-electron chi connectivity index (χ0n) is 20.5. The van der Waals surface area contributed by atoms with Crippen LogP contribution in [0.25, 0.3) is 0 Å². The van der Waals surface area contributed by atoms with E-state index in [2.05, 4.69) is 17.4 Å². The van der Waals surface area contributed by atoms with Crippen molar-refractivity contribution in [3.8, 4) is 23.0 Å². The molecule has 2 N–H and O–H groups in total. The van der Waals surface area contributed by atoms with E-state index in [-0.39, 0.29) is 24.6 Å². The minimum Gasteiger partial charge on any atom is -0.496 e.